The van der Waals surface area contributed by atoms with E-state index >= 15 is 0 Å². The Kier molecular flexibility index (Phi) is 4.21. The summed E-state index contributed by atoms with van der Waals surface area (Å²) in [5.74, 6) is 3.82. The fourth-order valence-corrected chi connectivity index (χ4v) is 3.80. The van der Waals surface area contributed by atoms with Crippen LogP contribution in [-0.4, -0.2) is 35.0 Å². The predicted octanol–water partition coefficient (Wildman–Crippen LogP) is 3.06. The second-order valence-electron chi connectivity index (χ2n) is 6.41. The summed E-state index contributed by atoms with van der Waals surface area (Å²) in [6.45, 7) is 0.637. The van der Waals surface area contributed by atoms with Gasteiger partial charge in [-0.05, 0) is 47.5 Å². The first-order chi connectivity index (χ1) is 13.4. The fourth-order valence-electron chi connectivity index (χ4n) is 2.95. The third-order valence-corrected chi connectivity index (χ3v) is 5.41. The number of para-hydroxylation sites is 1. The van der Waals surface area contributed by atoms with Crippen molar-refractivity contribution in [2.45, 2.75) is 36.2 Å². The van der Waals surface area contributed by atoms with Crippen molar-refractivity contribution in [3.05, 3.63) is 66.1 Å². The molecule has 0 N–H and O–H groups in total. The van der Waals surface area contributed by atoms with Crippen LogP contribution in [0.15, 0.2) is 58.3 Å². The van der Waals surface area contributed by atoms with Crippen LogP contribution < -0.4 is 0 Å². The van der Waals surface area contributed by atoms with Crippen molar-refractivity contribution in [1.82, 2.24) is 35.0 Å². The maximum atomic E-state index is 5.52. The summed E-state index contributed by atoms with van der Waals surface area (Å²) in [7, 11) is 0. The predicted molar refractivity (Wildman–Crippen MR) is 98.5 cm³/mol. The summed E-state index contributed by atoms with van der Waals surface area (Å²) in [6.07, 6.45) is 4.04. The molecule has 9 heteroatoms. The fraction of sp³-hybridized carbons (Fsp3) is 0.278. The summed E-state index contributed by atoms with van der Waals surface area (Å²) < 4.78 is 9.42. The molecule has 136 valence electrons. The highest BCUT2D eigenvalue weighted by Crippen LogP contribution is 2.40. The van der Waals surface area contributed by atoms with Gasteiger partial charge >= 0.3 is 0 Å². The zero-order valence-electron chi connectivity index (χ0n) is 14.5. The minimum atomic E-state index is 0.511. The minimum absolute atomic E-state index is 0.511. The molecule has 5 rings (SSSR count). The summed E-state index contributed by atoms with van der Waals surface area (Å²) >= 11 is 1.59. The van der Waals surface area contributed by atoms with Crippen LogP contribution in [0.1, 0.15) is 36.2 Å². The molecule has 0 saturated heterocycles. The average molecular weight is 379 g/mol. The molecule has 0 atom stereocenters. The molecular weight excluding hydrogens is 362 g/mol. The van der Waals surface area contributed by atoms with Crippen molar-refractivity contribution in [2.24, 2.45) is 0 Å². The number of rotatable bonds is 7. The molecule has 0 amide bonds. The van der Waals surface area contributed by atoms with E-state index in [0.717, 1.165) is 28.3 Å². The van der Waals surface area contributed by atoms with Gasteiger partial charge in [-0.25, -0.2) is 0 Å². The maximum absolute atomic E-state index is 5.52. The molecule has 0 bridgehead atoms. The molecule has 1 aliphatic rings. The molecule has 0 aliphatic heterocycles. The summed E-state index contributed by atoms with van der Waals surface area (Å²) in [5, 5.41) is 21.8. The zero-order chi connectivity index (χ0) is 18.1. The van der Waals surface area contributed by atoms with Gasteiger partial charge in [0.25, 0.3) is 0 Å². The summed E-state index contributed by atoms with van der Waals surface area (Å²) in [4.78, 5) is 0. The molecule has 0 unspecified atom stereocenters. The van der Waals surface area contributed by atoms with Crippen molar-refractivity contribution in [2.75, 3.05) is 0 Å². The highest BCUT2D eigenvalue weighted by molar-refractivity contribution is 7.98. The van der Waals surface area contributed by atoms with Gasteiger partial charge in [0.1, 0.15) is 11.6 Å². The van der Waals surface area contributed by atoms with Crippen LogP contribution in [0.5, 0.6) is 0 Å². The lowest BCUT2D eigenvalue weighted by Crippen LogP contribution is -2.06. The van der Waals surface area contributed by atoms with Crippen LogP contribution in [0.25, 0.3) is 5.69 Å². The lowest BCUT2D eigenvalue weighted by molar-refractivity contribution is 0.478. The molecule has 1 fully saturated rings. The molecule has 8 nitrogen and oxygen atoms in total. The van der Waals surface area contributed by atoms with E-state index in [1.54, 1.807) is 22.7 Å². The Morgan fingerprint density at radius 3 is 2.70 bits per heavy atom. The van der Waals surface area contributed by atoms with Gasteiger partial charge in [-0.15, -0.1) is 15.3 Å². The highest BCUT2D eigenvalue weighted by Gasteiger charge is 2.30. The van der Waals surface area contributed by atoms with Crippen LogP contribution >= 0.6 is 11.8 Å². The first-order valence-electron chi connectivity index (χ1n) is 8.79. The summed E-state index contributed by atoms with van der Waals surface area (Å²) in [5.41, 5.74) is 0.939. The van der Waals surface area contributed by atoms with Crippen LogP contribution in [0.4, 0.5) is 0 Å². The Morgan fingerprint density at radius 1 is 1.04 bits per heavy atom. The summed E-state index contributed by atoms with van der Waals surface area (Å²) in [6, 6.07) is 13.7. The van der Waals surface area contributed by atoms with Crippen molar-refractivity contribution in [3.63, 3.8) is 0 Å². The van der Waals surface area contributed by atoms with E-state index in [9.17, 15) is 0 Å². The Bertz CT molecular complexity index is 1020. The van der Waals surface area contributed by atoms with Gasteiger partial charge in [0.05, 0.1) is 24.2 Å². The number of furan rings is 1. The number of thioether (sulfide) groups is 1. The van der Waals surface area contributed by atoms with Crippen molar-refractivity contribution in [1.29, 1.82) is 0 Å². The zero-order valence-corrected chi connectivity index (χ0v) is 15.3. The van der Waals surface area contributed by atoms with E-state index in [0.29, 0.717) is 18.2 Å². The second kappa shape index (κ2) is 6.99. The quantitative estimate of drug-likeness (QED) is 0.456. The van der Waals surface area contributed by atoms with Crippen LogP contribution in [0.2, 0.25) is 0 Å². The number of tetrazole rings is 1. The van der Waals surface area contributed by atoms with E-state index in [4.69, 9.17) is 4.42 Å². The van der Waals surface area contributed by atoms with Gasteiger partial charge in [0.15, 0.2) is 11.0 Å². The van der Waals surface area contributed by atoms with Crippen LogP contribution in [0.3, 0.4) is 0 Å². The molecule has 3 aromatic heterocycles. The highest BCUT2D eigenvalue weighted by atomic mass is 32.2. The normalized spacial score (nSPS) is 13.9. The lowest BCUT2D eigenvalue weighted by atomic mass is 10.3. The standard InChI is InChI=1S/C18H17N7OS/c1-2-5-14(6-3-1)25-16(19-22-23-25)12-27-18-21-20-17(13-8-9-13)24(18)11-15-7-4-10-26-15/h1-7,10,13H,8-9,11-12H2. The molecule has 27 heavy (non-hydrogen) atoms. The number of hydrogen-bond donors (Lipinski definition) is 0. The van der Waals surface area contributed by atoms with Gasteiger partial charge in [-0.3, -0.25) is 4.57 Å². The minimum Gasteiger partial charge on any atom is -0.467 e. The average Bonchev–Trinajstić information content (AvgIpc) is 3.11. The molecule has 1 saturated carbocycles. The molecule has 1 aromatic carbocycles. The second-order valence-corrected chi connectivity index (χ2v) is 7.35. The number of benzene rings is 1. The number of aromatic nitrogens is 7. The lowest BCUT2D eigenvalue weighted by Gasteiger charge is -2.08. The monoisotopic (exact) mass is 379 g/mol. The van der Waals surface area contributed by atoms with E-state index in [-0.39, 0.29) is 0 Å². The van der Waals surface area contributed by atoms with E-state index in [1.807, 2.05) is 42.5 Å². The van der Waals surface area contributed by atoms with Crippen molar-refractivity contribution < 1.29 is 4.42 Å². The Morgan fingerprint density at radius 2 is 1.93 bits per heavy atom. The van der Waals surface area contributed by atoms with Gasteiger partial charge in [0.2, 0.25) is 0 Å². The van der Waals surface area contributed by atoms with Gasteiger partial charge in [-0.1, -0.05) is 30.0 Å². The molecule has 1 aliphatic carbocycles. The largest absolute Gasteiger partial charge is 0.467 e. The topological polar surface area (TPSA) is 87.5 Å². The van der Waals surface area contributed by atoms with Crippen LogP contribution in [-0.2, 0) is 12.3 Å². The molecule has 0 radical (unpaired) electrons. The Hall–Kier alpha value is -2.94. The van der Waals surface area contributed by atoms with Crippen molar-refractivity contribution in [3.8, 4) is 5.69 Å². The molecular formula is C18H17N7OS. The van der Waals surface area contributed by atoms with Crippen molar-refractivity contribution >= 4 is 11.8 Å². The molecule has 4 aromatic rings. The third kappa shape index (κ3) is 3.37. The Labute approximate surface area is 159 Å². The van der Waals surface area contributed by atoms with E-state index in [2.05, 4.69) is 30.3 Å². The number of hydrogen-bond acceptors (Lipinski definition) is 7. The van der Waals surface area contributed by atoms with Crippen LogP contribution in [0, 0.1) is 0 Å². The van der Waals surface area contributed by atoms with Gasteiger partial charge < -0.3 is 4.42 Å². The Balaban J connectivity index is 1.38. The third-order valence-electron chi connectivity index (χ3n) is 4.45. The van der Waals surface area contributed by atoms with E-state index < -0.39 is 0 Å². The van der Waals surface area contributed by atoms with Gasteiger partial charge in [0, 0.05) is 5.92 Å². The number of nitrogens with zero attached hydrogens (tertiary/aromatic N) is 7. The molecule has 3 heterocycles. The van der Waals surface area contributed by atoms with Gasteiger partial charge in [-0.2, -0.15) is 4.68 Å². The SMILES string of the molecule is c1ccc(-n2nnnc2CSc2nnc(C3CC3)n2Cc2ccco2)cc1. The maximum Gasteiger partial charge on any atom is 0.192 e. The smallest absolute Gasteiger partial charge is 0.192 e. The first kappa shape index (κ1) is 16.2. The first-order valence-corrected chi connectivity index (χ1v) is 9.78. The molecule has 0 spiro atoms. The van der Waals surface area contributed by atoms with E-state index in [1.165, 1.54) is 12.8 Å².